The van der Waals surface area contributed by atoms with Crippen molar-refractivity contribution < 1.29 is 4.74 Å². The largest absolute Gasteiger partial charge is 0.456 e. The van der Waals surface area contributed by atoms with Crippen LogP contribution in [0.2, 0.25) is 19.6 Å². The Kier molecular flexibility index (Phi) is 5.83. The Morgan fingerprint density at radius 1 is 0.450 bits per heavy atom. The van der Waals surface area contributed by atoms with Crippen LogP contribution in [0.1, 0.15) is 0 Å². The van der Waals surface area contributed by atoms with Gasteiger partial charge in [0.1, 0.15) is 11.5 Å². The summed E-state index contributed by atoms with van der Waals surface area (Å²) < 4.78 is 6.80. The fourth-order valence-electron chi connectivity index (χ4n) is 5.68. The number of benzene rings is 6. The molecule has 0 radical (unpaired) electrons. The molecule has 0 saturated heterocycles. The predicted octanol–water partition coefficient (Wildman–Crippen LogP) is 10.3. The highest BCUT2D eigenvalue weighted by atomic mass is 28.3. The van der Waals surface area contributed by atoms with Gasteiger partial charge in [0.05, 0.1) is 8.07 Å². The molecule has 3 heteroatoms. The fraction of sp³-hybridized carbons (Fsp3) is 0.0811. The number of fused-ring (bicyclic) bond motifs is 6. The number of nitrogens with zero attached hydrogens (tertiary/aromatic N) is 1. The Labute approximate surface area is 237 Å². The van der Waals surface area contributed by atoms with E-state index < -0.39 is 8.07 Å². The van der Waals surface area contributed by atoms with Crippen molar-refractivity contribution in [2.75, 3.05) is 4.90 Å². The Hall–Kier alpha value is -4.60. The fourth-order valence-corrected chi connectivity index (χ4v) is 6.84. The standard InChI is InChI=1S/C37H31NOSi/c1-40(2,3)31-20-17-29(18-21-31)38(28-13-5-4-6-14-28)30-19-22-34-32-15-9-10-16-33(32)35-23-26-11-7-8-12-27(26)24-36(35)39-37(34)25-30/h4-25H,1-3H3. The molecule has 0 N–H and O–H groups in total. The van der Waals surface area contributed by atoms with E-state index in [2.05, 4.69) is 158 Å². The maximum atomic E-state index is 6.80. The number of hydrogen-bond acceptors (Lipinski definition) is 2. The van der Waals surface area contributed by atoms with Crippen molar-refractivity contribution in [3.8, 4) is 33.8 Å². The zero-order chi connectivity index (χ0) is 27.3. The first-order valence-corrected chi connectivity index (χ1v) is 17.4. The van der Waals surface area contributed by atoms with Gasteiger partial charge in [0.2, 0.25) is 0 Å². The van der Waals surface area contributed by atoms with Gasteiger partial charge in [0, 0.05) is 34.3 Å². The van der Waals surface area contributed by atoms with E-state index in [9.17, 15) is 0 Å². The van der Waals surface area contributed by atoms with E-state index in [1.54, 1.807) is 0 Å². The van der Waals surface area contributed by atoms with Crippen molar-refractivity contribution >= 4 is 41.1 Å². The number of para-hydroxylation sites is 1. The molecule has 0 bridgehead atoms. The second kappa shape index (κ2) is 9.55. The number of rotatable bonds is 4. The highest BCUT2D eigenvalue weighted by molar-refractivity contribution is 6.88. The van der Waals surface area contributed by atoms with Crippen LogP contribution in [-0.2, 0) is 0 Å². The summed E-state index contributed by atoms with van der Waals surface area (Å²) in [7, 11) is -1.40. The average Bonchev–Trinajstić information content (AvgIpc) is 3.10. The molecule has 0 saturated carbocycles. The van der Waals surface area contributed by atoms with E-state index in [-0.39, 0.29) is 0 Å². The van der Waals surface area contributed by atoms with Crippen LogP contribution in [0.15, 0.2) is 133 Å². The van der Waals surface area contributed by atoms with Crippen LogP contribution in [0.3, 0.4) is 0 Å². The second-order valence-electron chi connectivity index (χ2n) is 11.5. The summed E-state index contributed by atoms with van der Waals surface area (Å²) in [6.07, 6.45) is 0. The van der Waals surface area contributed by atoms with Gasteiger partial charge in [0.25, 0.3) is 0 Å². The lowest BCUT2D eigenvalue weighted by Crippen LogP contribution is -2.37. The molecule has 0 unspecified atom stereocenters. The van der Waals surface area contributed by atoms with Crippen LogP contribution >= 0.6 is 0 Å². The zero-order valence-corrected chi connectivity index (χ0v) is 24.1. The molecule has 7 rings (SSSR count). The van der Waals surface area contributed by atoms with Crippen molar-refractivity contribution in [3.63, 3.8) is 0 Å². The molecule has 0 atom stereocenters. The van der Waals surface area contributed by atoms with Gasteiger partial charge in [-0.3, -0.25) is 0 Å². The summed E-state index contributed by atoms with van der Waals surface area (Å²) in [4.78, 5) is 2.32. The smallest absolute Gasteiger partial charge is 0.137 e. The van der Waals surface area contributed by atoms with Gasteiger partial charge in [-0.15, -0.1) is 0 Å². The van der Waals surface area contributed by atoms with E-state index in [4.69, 9.17) is 4.74 Å². The first kappa shape index (κ1) is 24.4. The Bertz CT molecular complexity index is 1850. The summed E-state index contributed by atoms with van der Waals surface area (Å²) in [5, 5.41) is 3.84. The quantitative estimate of drug-likeness (QED) is 0.209. The lowest BCUT2D eigenvalue weighted by atomic mass is 9.93. The van der Waals surface area contributed by atoms with Crippen molar-refractivity contribution in [2.45, 2.75) is 19.6 Å². The third-order valence-electron chi connectivity index (χ3n) is 7.80. The monoisotopic (exact) mass is 533 g/mol. The number of hydrogen-bond donors (Lipinski definition) is 0. The van der Waals surface area contributed by atoms with E-state index >= 15 is 0 Å². The van der Waals surface area contributed by atoms with Gasteiger partial charge < -0.3 is 9.64 Å². The molecule has 6 aromatic rings. The summed E-state index contributed by atoms with van der Waals surface area (Å²) in [6.45, 7) is 7.17. The van der Waals surface area contributed by atoms with Crippen molar-refractivity contribution in [1.82, 2.24) is 0 Å². The molecule has 6 aromatic carbocycles. The predicted molar refractivity (Wildman–Crippen MR) is 173 cm³/mol. The summed E-state index contributed by atoms with van der Waals surface area (Å²) in [5.74, 6) is 1.74. The highest BCUT2D eigenvalue weighted by Crippen LogP contribution is 2.49. The first-order valence-electron chi connectivity index (χ1n) is 13.9. The van der Waals surface area contributed by atoms with Crippen LogP contribution in [0, 0.1) is 0 Å². The molecule has 0 aliphatic carbocycles. The summed E-state index contributed by atoms with van der Waals surface area (Å²) >= 11 is 0. The zero-order valence-electron chi connectivity index (χ0n) is 23.1. The number of ether oxygens (including phenoxy) is 1. The molecular formula is C37H31NOSi. The molecule has 40 heavy (non-hydrogen) atoms. The first-order chi connectivity index (χ1) is 19.5. The second-order valence-corrected chi connectivity index (χ2v) is 16.6. The van der Waals surface area contributed by atoms with Gasteiger partial charge in [-0.1, -0.05) is 104 Å². The third kappa shape index (κ3) is 4.29. The molecular weight excluding hydrogens is 502 g/mol. The molecule has 1 aliphatic heterocycles. The van der Waals surface area contributed by atoms with Crippen LogP contribution in [0.4, 0.5) is 17.1 Å². The van der Waals surface area contributed by atoms with Gasteiger partial charge in [0.15, 0.2) is 0 Å². The van der Waals surface area contributed by atoms with Crippen LogP contribution in [0.25, 0.3) is 33.0 Å². The topological polar surface area (TPSA) is 12.5 Å². The maximum Gasteiger partial charge on any atom is 0.137 e. The van der Waals surface area contributed by atoms with E-state index in [1.165, 1.54) is 27.1 Å². The Balaban J connectivity index is 1.41. The van der Waals surface area contributed by atoms with Crippen LogP contribution in [-0.4, -0.2) is 8.07 Å². The van der Waals surface area contributed by atoms with Gasteiger partial charge in [-0.2, -0.15) is 0 Å². The SMILES string of the molecule is C[Si](C)(C)c1ccc(N(c2ccccc2)c2ccc3c(c2)Oc2cc4ccccc4cc2-c2ccccc2-3)cc1. The number of anilines is 3. The van der Waals surface area contributed by atoms with Crippen molar-refractivity contribution in [1.29, 1.82) is 0 Å². The highest BCUT2D eigenvalue weighted by Gasteiger charge is 2.23. The molecule has 2 nitrogen and oxygen atoms in total. The van der Waals surface area contributed by atoms with Crippen LogP contribution < -0.4 is 14.8 Å². The van der Waals surface area contributed by atoms with Gasteiger partial charge in [-0.25, -0.2) is 0 Å². The minimum Gasteiger partial charge on any atom is -0.456 e. The van der Waals surface area contributed by atoms with Crippen LogP contribution in [0.5, 0.6) is 11.5 Å². The minimum atomic E-state index is -1.40. The molecule has 0 aromatic heterocycles. The Morgan fingerprint density at radius 2 is 1.00 bits per heavy atom. The van der Waals surface area contributed by atoms with E-state index in [1.807, 2.05) is 0 Å². The molecule has 1 heterocycles. The van der Waals surface area contributed by atoms with Gasteiger partial charge >= 0.3 is 0 Å². The van der Waals surface area contributed by atoms with Crippen molar-refractivity contribution in [3.05, 3.63) is 133 Å². The lowest BCUT2D eigenvalue weighted by Gasteiger charge is -2.27. The van der Waals surface area contributed by atoms with Crippen molar-refractivity contribution in [2.24, 2.45) is 0 Å². The lowest BCUT2D eigenvalue weighted by molar-refractivity contribution is 0.488. The molecule has 0 spiro atoms. The van der Waals surface area contributed by atoms with Gasteiger partial charge in [-0.05, 0) is 70.4 Å². The van der Waals surface area contributed by atoms with E-state index in [0.717, 1.165) is 39.7 Å². The summed E-state index contributed by atoms with van der Waals surface area (Å²) in [6, 6.07) is 47.8. The maximum absolute atomic E-state index is 6.80. The van der Waals surface area contributed by atoms with E-state index in [0.29, 0.717) is 0 Å². The normalized spacial score (nSPS) is 12.1. The molecule has 0 amide bonds. The minimum absolute atomic E-state index is 0.860. The average molecular weight is 534 g/mol. The molecule has 0 fully saturated rings. The Morgan fingerprint density at radius 3 is 1.70 bits per heavy atom. The molecule has 1 aliphatic rings. The third-order valence-corrected chi connectivity index (χ3v) is 9.87. The summed E-state index contributed by atoms with van der Waals surface area (Å²) in [5.41, 5.74) is 7.90. The molecule has 194 valence electrons.